The van der Waals surface area contributed by atoms with Crippen LogP contribution in [0.4, 0.5) is 5.95 Å². The predicted molar refractivity (Wildman–Crippen MR) is 98.9 cm³/mol. The molecule has 0 saturated carbocycles. The number of hydrogen-bond donors (Lipinski definition) is 1. The molecule has 26 heavy (non-hydrogen) atoms. The quantitative estimate of drug-likeness (QED) is 0.573. The molecule has 1 aromatic rings. The first-order chi connectivity index (χ1) is 12.5. The first-order valence-corrected chi connectivity index (χ1v) is 8.98. The highest BCUT2D eigenvalue weighted by Gasteiger charge is 2.31. The largest absolute Gasteiger partial charge is 0.370 e. The lowest BCUT2D eigenvalue weighted by atomic mass is 10.2. The second-order valence-corrected chi connectivity index (χ2v) is 6.78. The maximum atomic E-state index is 11.9. The predicted octanol–water partition coefficient (Wildman–Crippen LogP) is -0.451. The molecule has 9 nitrogen and oxygen atoms in total. The standard InChI is InChI=1S/C17H27N7O2/c1-22(2)15(25)14-5-4-13(26-14)12-21-16(18)23-8-10-24(11-9-23)17-19-6-3-7-20-17/h3,6-7,13-14H,4-5,8-12H2,1-2H3,(H2,18,21). The fourth-order valence-corrected chi connectivity index (χ4v) is 3.20. The van der Waals surface area contributed by atoms with E-state index in [0.29, 0.717) is 12.5 Å². The Bertz CT molecular complexity index is 629. The summed E-state index contributed by atoms with van der Waals surface area (Å²) in [4.78, 5) is 30.8. The van der Waals surface area contributed by atoms with E-state index in [4.69, 9.17) is 10.5 Å². The minimum absolute atomic E-state index is 0.0173. The van der Waals surface area contributed by atoms with Gasteiger partial charge in [0.15, 0.2) is 5.96 Å². The van der Waals surface area contributed by atoms with Crippen LogP contribution in [-0.4, -0.2) is 90.7 Å². The minimum atomic E-state index is -0.346. The van der Waals surface area contributed by atoms with Gasteiger partial charge in [0.25, 0.3) is 5.91 Å². The Morgan fingerprint density at radius 3 is 2.62 bits per heavy atom. The molecule has 2 fully saturated rings. The van der Waals surface area contributed by atoms with Gasteiger partial charge in [-0.05, 0) is 18.9 Å². The Kier molecular flexibility index (Phi) is 5.87. The number of carbonyl (C=O) groups is 1. The number of amides is 1. The van der Waals surface area contributed by atoms with Crippen LogP contribution in [0.3, 0.4) is 0 Å². The van der Waals surface area contributed by atoms with E-state index in [9.17, 15) is 4.79 Å². The van der Waals surface area contributed by atoms with Gasteiger partial charge in [-0.25, -0.2) is 9.97 Å². The number of rotatable bonds is 4. The van der Waals surface area contributed by atoms with Crippen molar-refractivity contribution < 1.29 is 9.53 Å². The third-order valence-corrected chi connectivity index (χ3v) is 4.72. The molecule has 2 saturated heterocycles. The molecule has 0 aromatic carbocycles. The van der Waals surface area contributed by atoms with Gasteiger partial charge in [-0.3, -0.25) is 9.79 Å². The van der Waals surface area contributed by atoms with Gasteiger partial charge >= 0.3 is 0 Å². The Balaban J connectivity index is 1.45. The number of carbonyl (C=O) groups excluding carboxylic acids is 1. The van der Waals surface area contributed by atoms with Crippen molar-refractivity contribution in [3.8, 4) is 0 Å². The highest BCUT2D eigenvalue weighted by molar-refractivity contribution is 5.80. The summed E-state index contributed by atoms with van der Waals surface area (Å²) < 4.78 is 5.80. The summed E-state index contributed by atoms with van der Waals surface area (Å²) in [5.41, 5.74) is 6.15. The van der Waals surface area contributed by atoms with E-state index in [1.54, 1.807) is 31.4 Å². The Hall–Kier alpha value is -2.42. The molecule has 0 bridgehead atoms. The first kappa shape index (κ1) is 18.4. The molecular weight excluding hydrogens is 334 g/mol. The van der Waals surface area contributed by atoms with Crippen molar-refractivity contribution in [2.24, 2.45) is 10.7 Å². The lowest BCUT2D eigenvalue weighted by Crippen LogP contribution is -2.51. The summed E-state index contributed by atoms with van der Waals surface area (Å²) in [6.45, 7) is 3.66. The lowest BCUT2D eigenvalue weighted by Gasteiger charge is -2.35. The van der Waals surface area contributed by atoms with E-state index in [0.717, 1.165) is 45.0 Å². The van der Waals surface area contributed by atoms with Crippen molar-refractivity contribution in [3.63, 3.8) is 0 Å². The minimum Gasteiger partial charge on any atom is -0.370 e. The van der Waals surface area contributed by atoms with Crippen LogP contribution in [0.1, 0.15) is 12.8 Å². The summed E-state index contributed by atoms with van der Waals surface area (Å²) in [6, 6.07) is 1.81. The molecule has 0 spiro atoms. The van der Waals surface area contributed by atoms with Crippen molar-refractivity contribution >= 4 is 17.8 Å². The molecular formula is C17H27N7O2. The average molecular weight is 361 g/mol. The summed E-state index contributed by atoms with van der Waals surface area (Å²) in [6.07, 6.45) is 4.69. The number of nitrogens with two attached hydrogens (primary N) is 1. The fourth-order valence-electron chi connectivity index (χ4n) is 3.20. The van der Waals surface area contributed by atoms with Gasteiger partial charge in [-0.15, -0.1) is 0 Å². The molecule has 3 rings (SSSR count). The van der Waals surface area contributed by atoms with Crippen LogP contribution in [-0.2, 0) is 9.53 Å². The van der Waals surface area contributed by atoms with Gasteiger partial charge in [0.2, 0.25) is 5.95 Å². The summed E-state index contributed by atoms with van der Waals surface area (Å²) >= 11 is 0. The topological polar surface area (TPSA) is 100 Å². The van der Waals surface area contributed by atoms with Gasteiger partial charge in [-0.1, -0.05) is 0 Å². The maximum absolute atomic E-state index is 11.9. The number of anilines is 1. The molecule has 2 N–H and O–H groups in total. The van der Waals surface area contributed by atoms with Crippen LogP contribution in [0.15, 0.2) is 23.5 Å². The van der Waals surface area contributed by atoms with Gasteiger partial charge in [0.1, 0.15) is 6.10 Å². The number of hydrogen-bond acceptors (Lipinski definition) is 6. The number of piperazine rings is 1. The van der Waals surface area contributed by atoms with E-state index in [-0.39, 0.29) is 18.1 Å². The monoisotopic (exact) mass is 361 g/mol. The van der Waals surface area contributed by atoms with E-state index >= 15 is 0 Å². The molecule has 9 heteroatoms. The fraction of sp³-hybridized carbons (Fsp3) is 0.647. The number of ether oxygens (including phenoxy) is 1. The molecule has 2 atom stereocenters. The van der Waals surface area contributed by atoms with Crippen LogP contribution >= 0.6 is 0 Å². The summed E-state index contributed by atoms with van der Waals surface area (Å²) in [5.74, 6) is 1.30. The molecule has 142 valence electrons. The second-order valence-electron chi connectivity index (χ2n) is 6.78. The van der Waals surface area contributed by atoms with Crippen molar-refractivity contribution in [2.45, 2.75) is 25.0 Å². The number of guanidine groups is 1. The highest BCUT2D eigenvalue weighted by Crippen LogP contribution is 2.21. The van der Waals surface area contributed by atoms with Crippen molar-refractivity contribution in [1.82, 2.24) is 19.8 Å². The summed E-state index contributed by atoms with van der Waals surface area (Å²) in [5, 5.41) is 0. The van der Waals surface area contributed by atoms with Crippen molar-refractivity contribution in [1.29, 1.82) is 0 Å². The molecule has 2 aliphatic heterocycles. The zero-order chi connectivity index (χ0) is 18.5. The number of nitrogens with zero attached hydrogens (tertiary/aromatic N) is 6. The number of likely N-dealkylation sites (N-methyl/N-ethyl adjacent to an activating group) is 1. The zero-order valence-corrected chi connectivity index (χ0v) is 15.4. The number of aromatic nitrogens is 2. The Morgan fingerprint density at radius 1 is 1.27 bits per heavy atom. The molecule has 2 unspecified atom stereocenters. The normalized spacial score (nSPS) is 24.0. The van der Waals surface area contributed by atoms with E-state index in [1.165, 1.54) is 0 Å². The SMILES string of the molecule is CN(C)C(=O)C1CCC(CN=C(N)N2CCN(c3ncccn3)CC2)O1. The molecule has 2 aliphatic rings. The molecule has 1 amide bonds. The molecule has 3 heterocycles. The first-order valence-electron chi connectivity index (χ1n) is 8.98. The van der Waals surface area contributed by atoms with Crippen LogP contribution in [0.2, 0.25) is 0 Å². The molecule has 0 radical (unpaired) electrons. The van der Waals surface area contributed by atoms with Crippen LogP contribution < -0.4 is 10.6 Å². The highest BCUT2D eigenvalue weighted by atomic mass is 16.5. The van der Waals surface area contributed by atoms with E-state index in [1.807, 2.05) is 6.07 Å². The smallest absolute Gasteiger partial charge is 0.251 e. The maximum Gasteiger partial charge on any atom is 0.251 e. The van der Waals surface area contributed by atoms with E-state index < -0.39 is 0 Å². The second kappa shape index (κ2) is 8.31. The Morgan fingerprint density at radius 2 is 1.96 bits per heavy atom. The van der Waals surface area contributed by atoms with Gasteiger partial charge < -0.3 is 25.2 Å². The van der Waals surface area contributed by atoms with Crippen LogP contribution in [0.25, 0.3) is 0 Å². The third-order valence-electron chi connectivity index (χ3n) is 4.72. The van der Waals surface area contributed by atoms with Crippen LogP contribution in [0, 0.1) is 0 Å². The average Bonchev–Trinajstić information content (AvgIpc) is 3.15. The summed E-state index contributed by atoms with van der Waals surface area (Å²) in [7, 11) is 3.49. The van der Waals surface area contributed by atoms with Gasteiger partial charge in [0.05, 0.1) is 12.6 Å². The van der Waals surface area contributed by atoms with E-state index in [2.05, 4.69) is 24.8 Å². The zero-order valence-electron chi connectivity index (χ0n) is 15.4. The van der Waals surface area contributed by atoms with Crippen molar-refractivity contribution in [2.75, 3.05) is 51.7 Å². The molecule has 1 aromatic heterocycles. The van der Waals surface area contributed by atoms with Gasteiger partial charge in [-0.2, -0.15) is 0 Å². The van der Waals surface area contributed by atoms with Gasteiger partial charge in [0, 0.05) is 52.7 Å². The lowest BCUT2D eigenvalue weighted by molar-refractivity contribution is -0.140. The van der Waals surface area contributed by atoms with Crippen LogP contribution in [0.5, 0.6) is 0 Å². The Labute approximate surface area is 153 Å². The van der Waals surface area contributed by atoms with Crippen molar-refractivity contribution in [3.05, 3.63) is 18.5 Å². The molecule has 0 aliphatic carbocycles. The third kappa shape index (κ3) is 4.40. The number of aliphatic imine (C=N–C) groups is 1.